The summed E-state index contributed by atoms with van der Waals surface area (Å²) in [5.74, 6) is 0. The highest BCUT2D eigenvalue weighted by molar-refractivity contribution is 7.89. The van der Waals surface area contributed by atoms with E-state index in [-0.39, 0.29) is 6.04 Å². The van der Waals surface area contributed by atoms with Crippen molar-refractivity contribution in [1.82, 2.24) is 4.31 Å². The van der Waals surface area contributed by atoms with Crippen molar-refractivity contribution in [2.24, 2.45) is 0 Å². The molecule has 3 rings (SSSR count). The quantitative estimate of drug-likeness (QED) is 0.765. The van der Waals surface area contributed by atoms with Gasteiger partial charge in [0.15, 0.2) is 0 Å². The molecular weight excluding hydrogens is 368 g/mol. The van der Waals surface area contributed by atoms with Gasteiger partial charge in [0.1, 0.15) is 0 Å². The minimum atomic E-state index is -3.53. The van der Waals surface area contributed by atoms with Crippen LogP contribution in [0, 0.1) is 41.5 Å². The molecule has 1 unspecified atom stereocenters. The van der Waals surface area contributed by atoms with Crippen LogP contribution >= 0.6 is 0 Å². The number of rotatable bonds is 3. The Morgan fingerprint density at radius 3 is 1.96 bits per heavy atom. The number of piperazine rings is 1. The van der Waals surface area contributed by atoms with Gasteiger partial charge in [-0.2, -0.15) is 4.31 Å². The summed E-state index contributed by atoms with van der Waals surface area (Å²) < 4.78 is 28.9. The lowest BCUT2D eigenvalue weighted by atomic mass is 9.95. The molecule has 0 amide bonds. The number of hydrogen-bond donors (Lipinski definition) is 0. The highest BCUT2D eigenvalue weighted by atomic mass is 32.2. The second-order valence-corrected chi connectivity index (χ2v) is 10.1. The summed E-state index contributed by atoms with van der Waals surface area (Å²) in [5, 5.41) is 0. The summed E-state index contributed by atoms with van der Waals surface area (Å²) in [6.07, 6.45) is 0. The molecule has 5 heteroatoms. The zero-order valence-corrected chi connectivity index (χ0v) is 18.9. The molecule has 0 N–H and O–H groups in total. The van der Waals surface area contributed by atoms with E-state index in [0.29, 0.717) is 24.5 Å². The number of anilines is 1. The average molecular weight is 401 g/mol. The number of aryl methyl sites for hydroxylation is 1. The first-order valence-electron chi connectivity index (χ1n) is 9.96. The van der Waals surface area contributed by atoms with Crippen molar-refractivity contribution < 1.29 is 8.42 Å². The zero-order valence-electron chi connectivity index (χ0n) is 18.1. The fraction of sp³-hybridized carbons (Fsp3) is 0.478. The van der Waals surface area contributed by atoms with Gasteiger partial charge in [-0.25, -0.2) is 8.42 Å². The lowest BCUT2D eigenvalue weighted by molar-refractivity contribution is 0.342. The first kappa shape index (κ1) is 20.9. The highest BCUT2D eigenvalue weighted by Gasteiger charge is 2.35. The van der Waals surface area contributed by atoms with Gasteiger partial charge in [0.25, 0.3) is 0 Å². The topological polar surface area (TPSA) is 40.6 Å². The van der Waals surface area contributed by atoms with Crippen molar-refractivity contribution in [3.8, 4) is 0 Å². The Labute approximate surface area is 170 Å². The third-order valence-corrected chi connectivity index (χ3v) is 8.59. The number of benzene rings is 2. The summed E-state index contributed by atoms with van der Waals surface area (Å²) in [6, 6.07) is 8.54. The predicted octanol–water partition coefficient (Wildman–Crippen LogP) is 4.44. The summed E-state index contributed by atoms with van der Waals surface area (Å²) in [7, 11) is -3.53. The number of hydrogen-bond acceptors (Lipinski definition) is 3. The molecule has 1 fully saturated rings. The van der Waals surface area contributed by atoms with Crippen LogP contribution in [0.5, 0.6) is 0 Å². The minimum Gasteiger partial charge on any atom is -0.366 e. The van der Waals surface area contributed by atoms with E-state index in [1.807, 2.05) is 27.7 Å². The van der Waals surface area contributed by atoms with Gasteiger partial charge in [-0.3, -0.25) is 0 Å². The van der Waals surface area contributed by atoms with Gasteiger partial charge >= 0.3 is 0 Å². The van der Waals surface area contributed by atoms with Crippen molar-refractivity contribution in [1.29, 1.82) is 0 Å². The van der Waals surface area contributed by atoms with E-state index in [0.717, 1.165) is 22.3 Å². The van der Waals surface area contributed by atoms with Crippen LogP contribution in [0.15, 0.2) is 29.2 Å². The van der Waals surface area contributed by atoms with Crippen LogP contribution in [0.25, 0.3) is 0 Å². The molecule has 0 bridgehead atoms. The van der Waals surface area contributed by atoms with Gasteiger partial charge in [-0.15, -0.1) is 0 Å². The molecule has 0 radical (unpaired) electrons. The lowest BCUT2D eigenvalue weighted by Gasteiger charge is -2.41. The first-order valence-corrected chi connectivity index (χ1v) is 11.4. The van der Waals surface area contributed by atoms with E-state index in [1.54, 1.807) is 4.31 Å². The van der Waals surface area contributed by atoms with Crippen molar-refractivity contribution in [2.45, 2.75) is 59.4 Å². The second kappa shape index (κ2) is 7.53. The van der Waals surface area contributed by atoms with Gasteiger partial charge in [0, 0.05) is 31.4 Å². The highest BCUT2D eigenvalue weighted by Crippen LogP contribution is 2.33. The summed E-state index contributed by atoms with van der Waals surface area (Å²) >= 11 is 0. The normalized spacial score (nSPS) is 18.5. The molecule has 1 aliphatic heterocycles. The molecule has 1 atom stereocenters. The number of nitrogens with zero attached hydrogens (tertiary/aromatic N) is 2. The molecule has 0 aromatic heterocycles. The molecule has 152 valence electrons. The zero-order chi connectivity index (χ0) is 20.8. The van der Waals surface area contributed by atoms with Crippen molar-refractivity contribution in [2.75, 3.05) is 24.5 Å². The summed E-state index contributed by atoms with van der Waals surface area (Å²) in [6.45, 7) is 15.9. The molecule has 0 spiro atoms. The first-order chi connectivity index (χ1) is 13.1. The van der Waals surface area contributed by atoms with Crippen molar-refractivity contribution in [3.63, 3.8) is 0 Å². The van der Waals surface area contributed by atoms with Crippen molar-refractivity contribution >= 4 is 15.7 Å². The maximum atomic E-state index is 13.6. The Morgan fingerprint density at radius 2 is 1.43 bits per heavy atom. The van der Waals surface area contributed by atoms with Crippen LogP contribution in [0.2, 0.25) is 0 Å². The van der Waals surface area contributed by atoms with Gasteiger partial charge in [-0.05, 0) is 94.0 Å². The molecule has 0 saturated carbocycles. The monoisotopic (exact) mass is 400 g/mol. The smallest absolute Gasteiger partial charge is 0.243 e. The van der Waals surface area contributed by atoms with E-state index in [1.165, 1.54) is 16.8 Å². The van der Waals surface area contributed by atoms with Gasteiger partial charge in [0.2, 0.25) is 10.0 Å². The standard InChI is InChI=1S/C23H32N2O2S/c1-15-9-8-10-22(13-15)25-12-11-24(14-16(25)2)28(26,27)23-20(6)18(4)17(3)19(5)21(23)7/h8-10,13,16H,11-12,14H2,1-7H3. The maximum absolute atomic E-state index is 13.6. The van der Waals surface area contributed by atoms with Crippen LogP contribution in [0.3, 0.4) is 0 Å². The molecule has 1 heterocycles. The fourth-order valence-electron chi connectivity index (χ4n) is 4.31. The Bertz CT molecular complexity index is 982. The molecule has 4 nitrogen and oxygen atoms in total. The Hall–Kier alpha value is -1.85. The van der Waals surface area contributed by atoms with E-state index in [2.05, 4.69) is 49.9 Å². The molecule has 2 aromatic carbocycles. The Kier molecular flexibility index (Phi) is 5.61. The molecule has 1 saturated heterocycles. The SMILES string of the molecule is Cc1cccc(N2CCN(S(=O)(=O)c3c(C)c(C)c(C)c(C)c3C)CC2C)c1. The number of sulfonamides is 1. The van der Waals surface area contributed by atoms with E-state index < -0.39 is 10.0 Å². The van der Waals surface area contributed by atoms with Crippen LogP contribution in [0.1, 0.15) is 40.3 Å². The van der Waals surface area contributed by atoms with Gasteiger partial charge < -0.3 is 4.90 Å². The Morgan fingerprint density at radius 1 is 0.857 bits per heavy atom. The van der Waals surface area contributed by atoms with Crippen LogP contribution in [-0.2, 0) is 10.0 Å². The predicted molar refractivity (Wildman–Crippen MR) is 117 cm³/mol. The second-order valence-electron chi connectivity index (χ2n) is 8.20. The van der Waals surface area contributed by atoms with E-state index in [9.17, 15) is 8.42 Å². The fourth-order valence-corrected chi connectivity index (χ4v) is 6.39. The maximum Gasteiger partial charge on any atom is 0.243 e. The molecular formula is C23H32N2O2S. The third-order valence-electron chi connectivity index (χ3n) is 6.45. The van der Waals surface area contributed by atoms with Crippen LogP contribution in [0.4, 0.5) is 5.69 Å². The van der Waals surface area contributed by atoms with Gasteiger partial charge in [0.05, 0.1) is 4.90 Å². The van der Waals surface area contributed by atoms with E-state index in [4.69, 9.17) is 0 Å². The van der Waals surface area contributed by atoms with Gasteiger partial charge in [-0.1, -0.05) is 12.1 Å². The molecule has 0 aliphatic carbocycles. The van der Waals surface area contributed by atoms with Crippen molar-refractivity contribution in [3.05, 3.63) is 57.6 Å². The van der Waals surface area contributed by atoms with Crippen LogP contribution < -0.4 is 4.90 Å². The minimum absolute atomic E-state index is 0.124. The summed E-state index contributed by atoms with van der Waals surface area (Å²) in [4.78, 5) is 2.81. The molecule has 2 aromatic rings. The largest absolute Gasteiger partial charge is 0.366 e. The third kappa shape index (κ3) is 3.46. The lowest BCUT2D eigenvalue weighted by Crippen LogP contribution is -2.53. The molecule has 28 heavy (non-hydrogen) atoms. The van der Waals surface area contributed by atoms with Crippen LogP contribution in [-0.4, -0.2) is 38.4 Å². The average Bonchev–Trinajstić information content (AvgIpc) is 2.64. The Balaban J connectivity index is 1.94. The van der Waals surface area contributed by atoms with E-state index >= 15 is 0 Å². The molecule has 1 aliphatic rings. The summed E-state index contributed by atoms with van der Waals surface area (Å²) in [5.41, 5.74) is 7.49.